The van der Waals surface area contributed by atoms with Crippen molar-refractivity contribution < 1.29 is 14.3 Å². The molecule has 0 saturated carbocycles. The molecule has 0 saturated heterocycles. The van der Waals surface area contributed by atoms with Gasteiger partial charge in [-0.3, -0.25) is 0 Å². The Morgan fingerprint density at radius 2 is 2.00 bits per heavy atom. The van der Waals surface area contributed by atoms with Gasteiger partial charge in [0.1, 0.15) is 0 Å². The van der Waals surface area contributed by atoms with E-state index in [9.17, 15) is 9.18 Å². The lowest BCUT2D eigenvalue weighted by Gasteiger charge is -2.11. The lowest BCUT2D eigenvalue weighted by atomic mass is 10.1. The minimum absolute atomic E-state index is 0.0422. The summed E-state index contributed by atoms with van der Waals surface area (Å²) in [5.74, 6) is -1.80. The Bertz CT molecular complexity index is 647. The molecule has 0 amide bonds. The molecule has 0 aliphatic carbocycles. The zero-order valence-corrected chi connectivity index (χ0v) is 10.4. The van der Waals surface area contributed by atoms with Crippen LogP contribution < -0.4 is 11.1 Å². The van der Waals surface area contributed by atoms with Crippen molar-refractivity contribution in [2.45, 2.75) is 0 Å². The number of rotatable bonds is 3. The van der Waals surface area contributed by atoms with Gasteiger partial charge in [0.2, 0.25) is 0 Å². The number of aromatic carboxylic acids is 1. The Morgan fingerprint density at radius 1 is 1.26 bits per heavy atom. The van der Waals surface area contributed by atoms with Gasteiger partial charge >= 0.3 is 5.97 Å². The molecule has 2 aromatic rings. The average molecular weight is 281 g/mol. The predicted molar refractivity (Wildman–Crippen MR) is 72.5 cm³/mol. The Balaban J connectivity index is 2.44. The van der Waals surface area contributed by atoms with Gasteiger partial charge in [-0.1, -0.05) is 17.7 Å². The van der Waals surface area contributed by atoms with Crippen LogP contribution in [0.4, 0.5) is 21.5 Å². The highest BCUT2D eigenvalue weighted by atomic mass is 35.5. The van der Waals surface area contributed by atoms with Gasteiger partial charge in [0.05, 0.1) is 22.0 Å². The van der Waals surface area contributed by atoms with Crippen LogP contribution >= 0.6 is 11.6 Å². The van der Waals surface area contributed by atoms with Crippen molar-refractivity contribution in [3.05, 3.63) is 52.8 Å². The topological polar surface area (TPSA) is 75.3 Å². The van der Waals surface area contributed by atoms with Crippen LogP contribution in [0.3, 0.4) is 0 Å². The first-order chi connectivity index (χ1) is 8.99. The molecular weight excluding hydrogens is 271 g/mol. The molecule has 2 aromatic carbocycles. The van der Waals surface area contributed by atoms with E-state index in [-0.39, 0.29) is 22.0 Å². The Hall–Kier alpha value is -2.27. The molecular formula is C13H10ClFN2O2. The van der Waals surface area contributed by atoms with Gasteiger partial charge in [-0.05, 0) is 30.3 Å². The summed E-state index contributed by atoms with van der Waals surface area (Å²) < 4.78 is 13.7. The average Bonchev–Trinajstić information content (AvgIpc) is 2.36. The molecule has 0 fully saturated rings. The first-order valence-corrected chi connectivity index (χ1v) is 5.70. The van der Waals surface area contributed by atoms with Crippen LogP contribution in [0.15, 0.2) is 36.4 Å². The first-order valence-electron chi connectivity index (χ1n) is 5.33. The maximum absolute atomic E-state index is 13.7. The van der Waals surface area contributed by atoms with E-state index in [1.165, 1.54) is 30.3 Å². The highest BCUT2D eigenvalue weighted by Crippen LogP contribution is 2.28. The van der Waals surface area contributed by atoms with E-state index in [2.05, 4.69) is 5.32 Å². The third kappa shape index (κ3) is 2.77. The highest BCUT2D eigenvalue weighted by Gasteiger charge is 2.13. The molecule has 19 heavy (non-hydrogen) atoms. The van der Waals surface area contributed by atoms with Crippen LogP contribution in [0.25, 0.3) is 0 Å². The van der Waals surface area contributed by atoms with E-state index in [4.69, 9.17) is 22.4 Å². The molecule has 0 unspecified atom stereocenters. The van der Waals surface area contributed by atoms with E-state index in [0.29, 0.717) is 5.69 Å². The van der Waals surface area contributed by atoms with Crippen molar-refractivity contribution in [2.24, 2.45) is 0 Å². The molecule has 0 radical (unpaired) electrons. The summed E-state index contributed by atoms with van der Waals surface area (Å²) in [6, 6.07) is 8.72. The molecule has 98 valence electrons. The number of nitrogen functional groups attached to an aromatic ring is 1. The third-order valence-corrected chi connectivity index (χ3v) is 2.79. The van der Waals surface area contributed by atoms with Crippen molar-refractivity contribution >= 4 is 34.6 Å². The van der Waals surface area contributed by atoms with E-state index < -0.39 is 11.8 Å². The summed E-state index contributed by atoms with van der Waals surface area (Å²) in [6.07, 6.45) is 0. The Labute approximate surface area is 113 Å². The fourth-order valence-electron chi connectivity index (χ4n) is 1.59. The number of benzene rings is 2. The van der Waals surface area contributed by atoms with Crippen LogP contribution in [0, 0.1) is 5.82 Å². The number of halogens is 2. The molecule has 0 bridgehead atoms. The molecule has 0 atom stereocenters. The molecule has 2 rings (SSSR count). The van der Waals surface area contributed by atoms with Gasteiger partial charge in [0.25, 0.3) is 0 Å². The van der Waals surface area contributed by atoms with Crippen molar-refractivity contribution in [3.63, 3.8) is 0 Å². The fraction of sp³-hybridized carbons (Fsp3) is 0. The summed E-state index contributed by atoms with van der Waals surface area (Å²) in [5.41, 5.74) is 6.13. The quantitative estimate of drug-likeness (QED) is 0.752. The van der Waals surface area contributed by atoms with Crippen LogP contribution in [-0.2, 0) is 0 Å². The zero-order valence-electron chi connectivity index (χ0n) is 9.65. The van der Waals surface area contributed by atoms with Crippen molar-refractivity contribution in [3.8, 4) is 0 Å². The van der Waals surface area contributed by atoms with Gasteiger partial charge in [0, 0.05) is 5.69 Å². The standard InChI is InChI=1S/C13H10ClFN2O2/c14-9-2-1-3-11(12(9)15)17-10-5-4-7(16)6-8(10)13(18)19/h1-6,17H,16H2,(H,18,19). The van der Waals surface area contributed by atoms with Gasteiger partial charge in [-0.25, -0.2) is 9.18 Å². The lowest BCUT2D eigenvalue weighted by Crippen LogP contribution is -2.04. The number of hydrogen-bond acceptors (Lipinski definition) is 3. The summed E-state index contributed by atoms with van der Waals surface area (Å²) in [7, 11) is 0. The minimum Gasteiger partial charge on any atom is -0.478 e. The highest BCUT2D eigenvalue weighted by molar-refractivity contribution is 6.31. The van der Waals surface area contributed by atoms with Crippen molar-refractivity contribution in [1.29, 1.82) is 0 Å². The van der Waals surface area contributed by atoms with E-state index in [1.807, 2.05) is 0 Å². The molecule has 0 spiro atoms. The number of nitrogens with two attached hydrogens (primary N) is 1. The molecule has 6 heteroatoms. The van der Waals surface area contributed by atoms with Crippen LogP contribution in [0.1, 0.15) is 10.4 Å². The summed E-state index contributed by atoms with van der Waals surface area (Å²) in [6.45, 7) is 0. The largest absolute Gasteiger partial charge is 0.478 e. The van der Waals surface area contributed by atoms with E-state index >= 15 is 0 Å². The Kier molecular flexibility index (Phi) is 3.57. The monoisotopic (exact) mass is 280 g/mol. The second kappa shape index (κ2) is 5.16. The van der Waals surface area contributed by atoms with E-state index in [1.54, 1.807) is 6.07 Å². The van der Waals surface area contributed by atoms with Crippen molar-refractivity contribution in [2.75, 3.05) is 11.1 Å². The third-order valence-electron chi connectivity index (χ3n) is 2.49. The molecule has 0 heterocycles. The smallest absolute Gasteiger partial charge is 0.337 e. The summed E-state index contributed by atoms with van der Waals surface area (Å²) in [5, 5.41) is 11.7. The predicted octanol–water partition coefficient (Wildman–Crippen LogP) is 3.50. The molecule has 0 aliphatic rings. The maximum atomic E-state index is 13.7. The zero-order chi connectivity index (χ0) is 14.0. The molecule has 0 aliphatic heterocycles. The number of carboxylic acids is 1. The number of nitrogens with one attached hydrogen (secondary N) is 1. The number of anilines is 3. The first kappa shape index (κ1) is 13.2. The van der Waals surface area contributed by atoms with Crippen LogP contribution in [0.5, 0.6) is 0 Å². The van der Waals surface area contributed by atoms with Crippen LogP contribution in [-0.4, -0.2) is 11.1 Å². The normalized spacial score (nSPS) is 10.2. The SMILES string of the molecule is Nc1ccc(Nc2cccc(Cl)c2F)c(C(=O)O)c1. The second-order valence-corrected chi connectivity index (χ2v) is 4.24. The summed E-state index contributed by atoms with van der Waals surface area (Å²) in [4.78, 5) is 11.1. The van der Waals surface area contributed by atoms with Crippen molar-refractivity contribution in [1.82, 2.24) is 0 Å². The fourth-order valence-corrected chi connectivity index (χ4v) is 1.77. The van der Waals surface area contributed by atoms with Gasteiger partial charge in [0.15, 0.2) is 5.82 Å². The maximum Gasteiger partial charge on any atom is 0.337 e. The molecule has 4 N–H and O–H groups in total. The number of carboxylic acid groups (broad SMARTS) is 1. The van der Waals surface area contributed by atoms with Crippen LogP contribution in [0.2, 0.25) is 5.02 Å². The van der Waals surface area contributed by atoms with Gasteiger partial charge < -0.3 is 16.2 Å². The molecule has 4 nitrogen and oxygen atoms in total. The molecule has 0 aromatic heterocycles. The minimum atomic E-state index is -1.16. The Morgan fingerprint density at radius 3 is 2.68 bits per heavy atom. The van der Waals surface area contributed by atoms with Gasteiger partial charge in [-0.15, -0.1) is 0 Å². The van der Waals surface area contributed by atoms with E-state index in [0.717, 1.165) is 0 Å². The summed E-state index contributed by atoms with van der Waals surface area (Å²) >= 11 is 5.66. The number of carbonyl (C=O) groups is 1. The number of hydrogen-bond donors (Lipinski definition) is 3. The second-order valence-electron chi connectivity index (χ2n) is 3.84. The van der Waals surface area contributed by atoms with Gasteiger partial charge in [-0.2, -0.15) is 0 Å². The lowest BCUT2D eigenvalue weighted by molar-refractivity contribution is 0.0698.